The van der Waals surface area contributed by atoms with Crippen molar-refractivity contribution in [3.8, 4) is 5.69 Å². The number of nitrogen functional groups attached to an aromatic ring is 1. The molecule has 1 aromatic heterocycles. The smallest absolute Gasteiger partial charge is 0.140 e. The zero-order chi connectivity index (χ0) is 14.3. The summed E-state index contributed by atoms with van der Waals surface area (Å²) in [5.74, 6) is 0.621. The zero-order valence-corrected chi connectivity index (χ0v) is 11.6. The summed E-state index contributed by atoms with van der Waals surface area (Å²) < 4.78 is 1.98. The lowest BCUT2D eigenvalue weighted by atomic mass is 10.1. The lowest BCUT2D eigenvalue weighted by molar-refractivity contribution is 0.270. The number of rotatable bonds is 2. The molecular formula is C16H17N3O. The fourth-order valence-electron chi connectivity index (χ4n) is 2.62. The van der Waals surface area contributed by atoms with Gasteiger partial charge in [0.05, 0.1) is 11.0 Å². The first-order valence-electron chi connectivity index (χ1n) is 6.55. The number of aromatic nitrogens is 2. The van der Waals surface area contributed by atoms with Crippen LogP contribution in [-0.4, -0.2) is 14.7 Å². The summed E-state index contributed by atoms with van der Waals surface area (Å²) in [5.41, 5.74) is 11.6. The molecule has 102 valence electrons. The average Bonchev–Trinajstić information content (AvgIpc) is 2.74. The van der Waals surface area contributed by atoms with Gasteiger partial charge in [0.1, 0.15) is 12.4 Å². The predicted octanol–water partition coefficient (Wildman–Crippen LogP) is 2.72. The molecule has 4 nitrogen and oxygen atoms in total. The van der Waals surface area contributed by atoms with Gasteiger partial charge in [-0.15, -0.1) is 0 Å². The van der Waals surface area contributed by atoms with Crippen molar-refractivity contribution in [3.63, 3.8) is 0 Å². The fourth-order valence-corrected chi connectivity index (χ4v) is 2.62. The van der Waals surface area contributed by atoms with Crippen LogP contribution in [0.5, 0.6) is 0 Å². The number of aliphatic hydroxyl groups is 1. The summed E-state index contributed by atoms with van der Waals surface area (Å²) in [4.78, 5) is 4.46. The van der Waals surface area contributed by atoms with Crippen LogP contribution >= 0.6 is 0 Å². The van der Waals surface area contributed by atoms with Crippen LogP contribution < -0.4 is 5.73 Å². The van der Waals surface area contributed by atoms with Crippen molar-refractivity contribution < 1.29 is 5.11 Å². The van der Waals surface area contributed by atoms with Crippen molar-refractivity contribution >= 4 is 16.7 Å². The standard InChI is InChI=1S/C16H17N3O/c1-10-5-11(2)7-13(6-10)19-15-4-3-12(17)8-14(15)18-16(19)9-20/h3-8,20H,9,17H2,1-2H3. The Labute approximate surface area is 117 Å². The van der Waals surface area contributed by atoms with Crippen molar-refractivity contribution in [2.45, 2.75) is 20.5 Å². The Morgan fingerprint density at radius 2 is 1.80 bits per heavy atom. The molecule has 0 radical (unpaired) electrons. The summed E-state index contributed by atoms with van der Waals surface area (Å²) in [6, 6.07) is 11.9. The van der Waals surface area contributed by atoms with Gasteiger partial charge in [-0.3, -0.25) is 4.57 Å². The largest absolute Gasteiger partial charge is 0.399 e. The second-order valence-electron chi connectivity index (χ2n) is 5.12. The summed E-state index contributed by atoms with van der Waals surface area (Å²) in [6.07, 6.45) is 0. The highest BCUT2D eigenvalue weighted by Gasteiger charge is 2.12. The van der Waals surface area contributed by atoms with Crippen molar-refractivity contribution in [2.75, 3.05) is 5.73 Å². The van der Waals surface area contributed by atoms with E-state index in [2.05, 4.69) is 37.0 Å². The number of hydrogen-bond acceptors (Lipinski definition) is 3. The minimum absolute atomic E-state index is 0.110. The van der Waals surface area contributed by atoms with E-state index in [1.165, 1.54) is 11.1 Å². The predicted molar refractivity (Wildman–Crippen MR) is 80.9 cm³/mol. The molecule has 0 saturated carbocycles. The molecule has 3 N–H and O–H groups in total. The lowest BCUT2D eigenvalue weighted by Crippen LogP contribution is -2.02. The van der Waals surface area contributed by atoms with Crippen LogP contribution in [0.15, 0.2) is 36.4 Å². The highest BCUT2D eigenvalue weighted by Crippen LogP contribution is 2.24. The Morgan fingerprint density at radius 3 is 2.45 bits per heavy atom. The number of imidazole rings is 1. The van der Waals surface area contributed by atoms with Gasteiger partial charge < -0.3 is 10.8 Å². The third-order valence-electron chi connectivity index (χ3n) is 3.35. The average molecular weight is 267 g/mol. The monoisotopic (exact) mass is 267 g/mol. The minimum Gasteiger partial charge on any atom is -0.399 e. The van der Waals surface area contributed by atoms with E-state index >= 15 is 0 Å². The topological polar surface area (TPSA) is 64.1 Å². The van der Waals surface area contributed by atoms with Gasteiger partial charge in [0, 0.05) is 11.4 Å². The summed E-state index contributed by atoms with van der Waals surface area (Å²) >= 11 is 0. The summed E-state index contributed by atoms with van der Waals surface area (Å²) in [6.45, 7) is 4.01. The first-order valence-corrected chi connectivity index (χ1v) is 6.55. The molecule has 20 heavy (non-hydrogen) atoms. The van der Waals surface area contributed by atoms with E-state index in [1.54, 1.807) is 0 Å². The molecule has 0 amide bonds. The quantitative estimate of drug-likeness (QED) is 0.702. The summed E-state index contributed by atoms with van der Waals surface area (Å²) in [5, 5.41) is 9.57. The maximum atomic E-state index is 9.57. The number of nitrogens with two attached hydrogens (primary N) is 1. The number of aryl methyl sites for hydroxylation is 2. The second-order valence-corrected chi connectivity index (χ2v) is 5.12. The van der Waals surface area contributed by atoms with Gasteiger partial charge >= 0.3 is 0 Å². The van der Waals surface area contributed by atoms with Gasteiger partial charge in [-0.25, -0.2) is 4.98 Å². The van der Waals surface area contributed by atoms with Gasteiger partial charge in [-0.05, 0) is 55.3 Å². The normalized spacial score (nSPS) is 11.2. The van der Waals surface area contributed by atoms with E-state index in [-0.39, 0.29) is 6.61 Å². The SMILES string of the molecule is Cc1cc(C)cc(-n2c(CO)nc3cc(N)ccc32)c1. The molecule has 0 bridgehead atoms. The van der Waals surface area contributed by atoms with Crippen molar-refractivity contribution in [1.29, 1.82) is 0 Å². The maximum Gasteiger partial charge on any atom is 0.140 e. The Morgan fingerprint density at radius 1 is 1.10 bits per heavy atom. The van der Waals surface area contributed by atoms with Crippen molar-refractivity contribution in [2.24, 2.45) is 0 Å². The zero-order valence-electron chi connectivity index (χ0n) is 11.6. The van der Waals surface area contributed by atoms with Gasteiger partial charge in [0.2, 0.25) is 0 Å². The third-order valence-corrected chi connectivity index (χ3v) is 3.35. The van der Waals surface area contributed by atoms with E-state index < -0.39 is 0 Å². The highest BCUT2D eigenvalue weighted by molar-refractivity contribution is 5.81. The molecular weight excluding hydrogens is 250 g/mol. The summed E-state index contributed by atoms with van der Waals surface area (Å²) in [7, 11) is 0. The number of nitrogens with zero attached hydrogens (tertiary/aromatic N) is 2. The number of fused-ring (bicyclic) bond motifs is 1. The van der Waals surface area contributed by atoms with Crippen LogP contribution in [0.4, 0.5) is 5.69 Å². The Balaban J connectivity index is 2.33. The number of hydrogen-bond donors (Lipinski definition) is 2. The van der Waals surface area contributed by atoms with Crippen LogP contribution in [0.25, 0.3) is 16.7 Å². The molecule has 2 aromatic carbocycles. The molecule has 4 heteroatoms. The molecule has 0 atom stereocenters. The first-order chi connectivity index (χ1) is 9.58. The van der Waals surface area contributed by atoms with E-state index in [0.29, 0.717) is 11.5 Å². The van der Waals surface area contributed by atoms with Crippen molar-refractivity contribution in [3.05, 3.63) is 53.3 Å². The van der Waals surface area contributed by atoms with Crippen LogP contribution in [0.3, 0.4) is 0 Å². The molecule has 3 aromatic rings. The van der Waals surface area contributed by atoms with Gasteiger partial charge in [0.25, 0.3) is 0 Å². The molecule has 0 aliphatic heterocycles. The molecule has 0 fully saturated rings. The third kappa shape index (κ3) is 2.04. The van der Waals surface area contributed by atoms with E-state index in [4.69, 9.17) is 5.73 Å². The van der Waals surface area contributed by atoms with Gasteiger partial charge in [-0.1, -0.05) is 6.07 Å². The molecule has 0 saturated heterocycles. The number of benzene rings is 2. The molecule has 0 aliphatic rings. The van der Waals surface area contributed by atoms with E-state index in [1.807, 2.05) is 22.8 Å². The first kappa shape index (κ1) is 12.7. The molecule has 0 unspecified atom stereocenters. The van der Waals surface area contributed by atoms with Gasteiger partial charge in [0.15, 0.2) is 0 Å². The highest BCUT2D eigenvalue weighted by atomic mass is 16.3. The molecule has 3 rings (SSSR count). The van der Waals surface area contributed by atoms with E-state index in [9.17, 15) is 5.11 Å². The number of anilines is 1. The Bertz CT molecular complexity index is 770. The Kier molecular flexibility index (Phi) is 2.95. The van der Waals surface area contributed by atoms with Gasteiger partial charge in [-0.2, -0.15) is 0 Å². The lowest BCUT2D eigenvalue weighted by Gasteiger charge is -2.10. The number of aliphatic hydroxyl groups excluding tert-OH is 1. The van der Waals surface area contributed by atoms with Crippen LogP contribution in [-0.2, 0) is 6.61 Å². The van der Waals surface area contributed by atoms with Crippen LogP contribution in [0.2, 0.25) is 0 Å². The molecule has 1 heterocycles. The second kappa shape index (κ2) is 4.65. The van der Waals surface area contributed by atoms with Crippen LogP contribution in [0, 0.1) is 13.8 Å². The minimum atomic E-state index is -0.110. The molecule has 0 spiro atoms. The Hall–Kier alpha value is -2.33. The van der Waals surface area contributed by atoms with Crippen LogP contribution in [0.1, 0.15) is 17.0 Å². The van der Waals surface area contributed by atoms with Crippen molar-refractivity contribution in [1.82, 2.24) is 9.55 Å². The fraction of sp³-hybridized carbons (Fsp3) is 0.188. The van der Waals surface area contributed by atoms with E-state index in [0.717, 1.165) is 16.7 Å². The maximum absolute atomic E-state index is 9.57. The molecule has 0 aliphatic carbocycles.